The molecule has 3 aromatic heterocycles. The Morgan fingerprint density at radius 1 is 0.426 bits per heavy atom. The molecule has 0 aliphatic carbocycles. The van der Waals surface area contributed by atoms with Crippen LogP contribution in [0.25, 0.3) is 109 Å². The summed E-state index contributed by atoms with van der Waals surface area (Å²) in [6.07, 6.45) is 0. The Balaban J connectivity index is 1.13. The van der Waals surface area contributed by atoms with Gasteiger partial charge in [-0.25, -0.2) is 9.97 Å². The van der Waals surface area contributed by atoms with Crippen molar-refractivity contribution in [2.45, 2.75) is 0 Å². The SMILES string of the molecule is c1ccc(-c2ccccc2-c2ccc(-c3nc(-c4ccc(-c5ccc6ccccc6c5)cc4)c4sc5ccccc5c4n3)c3c2oc2ccccc23)cc1. The standard InChI is InChI=1S/C50H30N2OS/c1-2-13-33(14-3-1)37-16-6-7-17-38(37)39-28-29-42(45-40-18-8-10-20-43(40)53-48(39)45)50-51-46(49-47(52-50)41-19-9-11-21-44(41)54-49)34-25-22-32(23-26-34)36-27-24-31-12-4-5-15-35(31)30-36/h1-30H. The first kappa shape index (κ1) is 30.7. The van der Waals surface area contributed by atoms with E-state index in [4.69, 9.17) is 14.4 Å². The van der Waals surface area contributed by atoms with Crippen molar-refractivity contribution in [1.82, 2.24) is 9.97 Å². The lowest BCUT2D eigenvalue weighted by molar-refractivity contribution is 0.670. The predicted octanol–water partition coefficient (Wildman–Crippen LogP) is 14.2. The number of hydrogen-bond donors (Lipinski definition) is 0. The molecule has 0 amide bonds. The Morgan fingerprint density at radius 2 is 1.09 bits per heavy atom. The third kappa shape index (κ3) is 4.96. The average molecular weight is 707 g/mol. The highest BCUT2D eigenvalue weighted by Crippen LogP contribution is 2.45. The van der Waals surface area contributed by atoms with E-state index < -0.39 is 0 Å². The predicted molar refractivity (Wildman–Crippen MR) is 227 cm³/mol. The van der Waals surface area contributed by atoms with E-state index in [1.807, 2.05) is 12.1 Å². The zero-order valence-electron chi connectivity index (χ0n) is 29.0. The van der Waals surface area contributed by atoms with Crippen molar-refractivity contribution in [1.29, 1.82) is 0 Å². The van der Waals surface area contributed by atoms with Crippen LogP contribution in [0.15, 0.2) is 186 Å². The number of nitrogens with zero attached hydrogens (tertiary/aromatic N) is 2. The smallest absolute Gasteiger partial charge is 0.161 e. The van der Waals surface area contributed by atoms with Crippen LogP contribution in [0.2, 0.25) is 0 Å². The first-order chi connectivity index (χ1) is 26.8. The molecule has 0 saturated heterocycles. The Kier molecular flexibility index (Phi) is 7.04. The van der Waals surface area contributed by atoms with Gasteiger partial charge in [-0.2, -0.15) is 0 Å². The molecule has 0 fully saturated rings. The minimum atomic E-state index is 0.680. The van der Waals surface area contributed by atoms with Crippen molar-refractivity contribution in [3.8, 4) is 56.0 Å². The summed E-state index contributed by atoms with van der Waals surface area (Å²) in [5, 5.41) is 5.67. The highest BCUT2D eigenvalue weighted by Gasteiger charge is 2.23. The molecule has 0 N–H and O–H groups in total. The molecule has 0 spiro atoms. The molecule has 0 bridgehead atoms. The van der Waals surface area contributed by atoms with E-state index in [0.29, 0.717) is 5.82 Å². The Morgan fingerprint density at radius 3 is 1.96 bits per heavy atom. The van der Waals surface area contributed by atoms with E-state index in [9.17, 15) is 0 Å². The van der Waals surface area contributed by atoms with Crippen LogP contribution in [0.1, 0.15) is 0 Å². The summed E-state index contributed by atoms with van der Waals surface area (Å²) in [6.45, 7) is 0. The number of benzene rings is 8. The Hall–Kier alpha value is -6.88. The van der Waals surface area contributed by atoms with Crippen molar-refractivity contribution < 1.29 is 4.42 Å². The molecule has 0 atom stereocenters. The number of para-hydroxylation sites is 1. The first-order valence-electron chi connectivity index (χ1n) is 18.2. The number of rotatable bonds is 5. The van der Waals surface area contributed by atoms with Crippen LogP contribution in [0, 0.1) is 0 Å². The molecule has 4 heteroatoms. The topological polar surface area (TPSA) is 38.9 Å². The van der Waals surface area contributed by atoms with E-state index in [0.717, 1.165) is 76.6 Å². The van der Waals surface area contributed by atoms with Crippen LogP contribution in [0.3, 0.4) is 0 Å². The molecule has 11 aromatic rings. The van der Waals surface area contributed by atoms with Crippen molar-refractivity contribution in [2.24, 2.45) is 0 Å². The van der Waals surface area contributed by atoms with Crippen LogP contribution in [0.4, 0.5) is 0 Å². The maximum atomic E-state index is 6.78. The van der Waals surface area contributed by atoms with Gasteiger partial charge in [-0.15, -0.1) is 11.3 Å². The van der Waals surface area contributed by atoms with Crippen LogP contribution in [-0.4, -0.2) is 9.97 Å². The van der Waals surface area contributed by atoms with Gasteiger partial charge in [-0.3, -0.25) is 0 Å². The van der Waals surface area contributed by atoms with Crippen molar-refractivity contribution >= 4 is 64.4 Å². The minimum Gasteiger partial charge on any atom is -0.455 e. The monoisotopic (exact) mass is 706 g/mol. The third-order valence-electron chi connectivity index (χ3n) is 10.5. The number of fused-ring (bicyclic) bond motifs is 7. The molecule has 11 rings (SSSR count). The number of thiophene rings is 1. The fourth-order valence-electron chi connectivity index (χ4n) is 7.91. The van der Waals surface area contributed by atoms with Gasteiger partial charge in [0.1, 0.15) is 11.2 Å². The molecule has 3 heterocycles. The molecule has 0 aliphatic heterocycles. The van der Waals surface area contributed by atoms with Gasteiger partial charge in [-0.1, -0.05) is 152 Å². The van der Waals surface area contributed by atoms with Gasteiger partial charge in [0.25, 0.3) is 0 Å². The summed E-state index contributed by atoms with van der Waals surface area (Å²) in [6, 6.07) is 64.3. The van der Waals surface area contributed by atoms with Crippen molar-refractivity contribution in [2.75, 3.05) is 0 Å². The summed E-state index contributed by atoms with van der Waals surface area (Å²) in [5.74, 6) is 0.680. The summed E-state index contributed by atoms with van der Waals surface area (Å²) in [4.78, 5) is 10.8. The molecular weight excluding hydrogens is 677 g/mol. The second kappa shape index (κ2) is 12.4. The number of furan rings is 1. The fourth-order valence-corrected chi connectivity index (χ4v) is 9.06. The molecule has 0 unspecified atom stereocenters. The molecular formula is C50H30N2OS. The van der Waals surface area contributed by atoms with E-state index in [-0.39, 0.29) is 0 Å². The summed E-state index contributed by atoms with van der Waals surface area (Å²) in [7, 11) is 0. The third-order valence-corrected chi connectivity index (χ3v) is 11.7. The molecule has 0 radical (unpaired) electrons. The summed E-state index contributed by atoms with van der Waals surface area (Å²) in [5.41, 5.74) is 12.4. The molecule has 3 nitrogen and oxygen atoms in total. The molecule has 0 saturated carbocycles. The van der Waals surface area contributed by atoms with Gasteiger partial charge >= 0.3 is 0 Å². The zero-order valence-corrected chi connectivity index (χ0v) is 29.8. The summed E-state index contributed by atoms with van der Waals surface area (Å²) >= 11 is 1.75. The fraction of sp³-hybridized carbons (Fsp3) is 0. The highest BCUT2D eigenvalue weighted by molar-refractivity contribution is 7.26. The zero-order chi connectivity index (χ0) is 35.6. The lowest BCUT2D eigenvalue weighted by atomic mass is 9.92. The second-order valence-electron chi connectivity index (χ2n) is 13.7. The van der Waals surface area contributed by atoms with E-state index in [1.165, 1.54) is 26.6 Å². The van der Waals surface area contributed by atoms with Gasteiger partial charge in [0.15, 0.2) is 5.82 Å². The van der Waals surface area contributed by atoms with E-state index in [2.05, 4.69) is 170 Å². The largest absolute Gasteiger partial charge is 0.455 e. The quantitative estimate of drug-likeness (QED) is 0.179. The van der Waals surface area contributed by atoms with Crippen LogP contribution >= 0.6 is 11.3 Å². The second-order valence-corrected chi connectivity index (χ2v) is 14.7. The Bertz CT molecular complexity index is 3210. The molecule has 252 valence electrons. The molecule has 54 heavy (non-hydrogen) atoms. The lowest BCUT2D eigenvalue weighted by Crippen LogP contribution is -1.95. The number of aromatic nitrogens is 2. The molecule has 0 aliphatic rings. The van der Waals surface area contributed by atoms with Gasteiger partial charge in [0, 0.05) is 37.5 Å². The Labute approximate surface area is 315 Å². The normalized spacial score (nSPS) is 11.7. The lowest BCUT2D eigenvalue weighted by Gasteiger charge is -2.13. The van der Waals surface area contributed by atoms with Crippen LogP contribution in [-0.2, 0) is 0 Å². The maximum Gasteiger partial charge on any atom is 0.161 e. The van der Waals surface area contributed by atoms with Gasteiger partial charge in [0.05, 0.1) is 15.9 Å². The van der Waals surface area contributed by atoms with Crippen LogP contribution < -0.4 is 0 Å². The highest BCUT2D eigenvalue weighted by atomic mass is 32.1. The average Bonchev–Trinajstić information content (AvgIpc) is 3.82. The van der Waals surface area contributed by atoms with Crippen molar-refractivity contribution in [3.05, 3.63) is 182 Å². The van der Waals surface area contributed by atoms with E-state index >= 15 is 0 Å². The molecule has 8 aromatic carbocycles. The minimum absolute atomic E-state index is 0.680. The van der Waals surface area contributed by atoms with Gasteiger partial charge in [0.2, 0.25) is 0 Å². The van der Waals surface area contributed by atoms with E-state index in [1.54, 1.807) is 11.3 Å². The number of hydrogen-bond acceptors (Lipinski definition) is 4. The van der Waals surface area contributed by atoms with Gasteiger partial charge < -0.3 is 4.42 Å². The van der Waals surface area contributed by atoms with Crippen LogP contribution in [0.5, 0.6) is 0 Å². The first-order valence-corrected chi connectivity index (χ1v) is 19.0. The van der Waals surface area contributed by atoms with Crippen molar-refractivity contribution in [3.63, 3.8) is 0 Å². The van der Waals surface area contributed by atoms with Gasteiger partial charge in [-0.05, 0) is 68.9 Å². The maximum absolute atomic E-state index is 6.78. The summed E-state index contributed by atoms with van der Waals surface area (Å²) < 4.78 is 9.05.